The van der Waals surface area contributed by atoms with Crippen LogP contribution in [0.5, 0.6) is 0 Å². The minimum atomic E-state index is -0.0695. The number of benzene rings is 2. The average Bonchev–Trinajstić information content (AvgIpc) is 2.84. The number of anilines is 1. The summed E-state index contributed by atoms with van der Waals surface area (Å²) in [6.45, 7) is 0. The molecule has 3 rings (SSSR count). The Labute approximate surface area is 117 Å². The first-order valence-corrected chi connectivity index (χ1v) is 7.69. The summed E-state index contributed by atoms with van der Waals surface area (Å²) in [4.78, 5) is 1.23. The molecule has 0 saturated carbocycles. The number of nitrogens with one attached hydrogen (secondary N) is 1. The van der Waals surface area contributed by atoms with Gasteiger partial charge in [-0.25, -0.2) is 4.39 Å². The van der Waals surface area contributed by atoms with Gasteiger partial charge in [-0.1, -0.05) is 24.3 Å². The van der Waals surface area contributed by atoms with Gasteiger partial charge in [0.05, 0.1) is 6.04 Å². The van der Waals surface area contributed by atoms with Gasteiger partial charge in [-0.2, -0.15) is 0 Å². The average molecular weight is 273 g/mol. The summed E-state index contributed by atoms with van der Waals surface area (Å²) in [5.41, 5.74) is 3.12. The molecule has 0 bridgehead atoms. The lowest BCUT2D eigenvalue weighted by Gasteiger charge is -2.17. The van der Waals surface area contributed by atoms with E-state index in [1.165, 1.54) is 4.90 Å². The Bertz CT molecular complexity index is 597. The maximum Gasteiger partial charge on any atom is 0.126 e. The molecule has 1 N–H and O–H groups in total. The van der Waals surface area contributed by atoms with Gasteiger partial charge in [-0.15, -0.1) is 11.8 Å². The Hall–Kier alpha value is -1.48. The highest BCUT2D eigenvalue weighted by molar-refractivity contribution is 7.98. The fraction of sp³-hybridized carbons (Fsp3) is 0.250. The standard InChI is InChI=1S/C16H16FNS/c1-19-16-8-3-2-7-15(16)18-14-10-9-11-12(14)5-4-6-13(11)17/h2-8,14,18H,9-10H2,1H3. The Morgan fingerprint density at radius 3 is 2.84 bits per heavy atom. The summed E-state index contributed by atoms with van der Waals surface area (Å²) in [7, 11) is 0. The summed E-state index contributed by atoms with van der Waals surface area (Å²) in [5.74, 6) is -0.0695. The van der Waals surface area contributed by atoms with Crippen LogP contribution in [0.4, 0.5) is 10.1 Å². The molecule has 2 aromatic rings. The predicted molar refractivity (Wildman–Crippen MR) is 79.3 cm³/mol. The minimum Gasteiger partial charge on any atom is -0.377 e. The van der Waals surface area contributed by atoms with E-state index in [-0.39, 0.29) is 11.9 Å². The summed E-state index contributed by atoms with van der Waals surface area (Å²) in [6.07, 6.45) is 3.85. The first-order valence-electron chi connectivity index (χ1n) is 6.46. The van der Waals surface area contributed by atoms with Crippen LogP contribution < -0.4 is 5.32 Å². The van der Waals surface area contributed by atoms with Crippen molar-refractivity contribution in [3.8, 4) is 0 Å². The topological polar surface area (TPSA) is 12.0 Å². The molecule has 1 atom stereocenters. The number of hydrogen-bond acceptors (Lipinski definition) is 2. The summed E-state index contributed by atoms with van der Waals surface area (Å²) >= 11 is 1.73. The quantitative estimate of drug-likeness (QED) is 0.817. The molecule has 0 saturated heterocycles. The highest BCUT2D eigenvalue weighted by atomic mass is 32.2. The van der Waals surface area contributed by atoms with E-state index >= 15 is 0 Å². The third-order valence-electron chi connectivity index (χ3n) is 3.65. The van der Waals surface area contributed by atoms with Crippen LogP contribution in [0.3, 0.4) is 0 Å². The van der Waals surface area contributed by atoms with Gasteiger partial charge in [-0.3, -0.25) is 0 Å². The lowest BCUT2D eigenvalue weighted by Crippen LogP contribution is -2.07. The molecule has 2 aromatic carbocycles. The van der Waals surface area contributed by atoms with Gasteiger partial charge in [0.1, 0.15) is 5.82 Å². The summed E-state index contributed by atoms with van der Waals surface area (Å²) in [5, 5.41) is 3.56. The van der Waals surface area contributed by atoms with Crippen LogP contribution in [0.15, 0.2) is 47.4 Å². The van der Waals surface area contributed by atoms with Gasteiger partial charge >= 0.3 is 0 Å². The maximum absolute atomic E-state index is 13.7. The van der Waals surface area contributed by atoms with Gasteiger partial charge in [-0.05, 0) is 48.4 Å². The Morgan fingerprint density at radius 2 is 2.00 bits per heavy atom. The van der Waals surface area contributed by atoms with E-state index in [4.69, 9.17) is 0 Å². The highest BCUT2D eigenvalue weighted by Crippen LogP contribution is 2.37. The molecule has 0 heterocycles. The van der Waals surface area contributed by atoms with Crippen LogP contribution in [-0.2, 0) is 6.42 Å². The van der Waals surface area contributed by atoms with E-state index in [9.17, 15) is 4.39 Å². The zero-order valence-corrected chi connectivity index (χ0v) is 11.6. The van der Waals surface area contributed by atoms with E-state index in [0.29, 0.717) is 0 Å². The monoisotopic (exact) mass is 273 g/mol. The van der Waals surface area contributed by atoms with E-state index < -0.39 is 0 Å². The number of fused-ring (bicyclic) bond motifs is 1. The second kappa shape index (κ2) is 5.25. The molecule has 1 aliphatic rings. The second-order valence-electron chi connectivity index (χ2n) is 4.74. The third kappa shape index (κ3) is 2.35. The van der Waals surface area contributed by atoms with Crippen molar-refractivity contribution in [1.29, 1.82) is 0 Å². The molecule has 1 aliphatic carbocycles. The van der Waals surface area contributed by atoms with Crippen LogP contribution in [0, 0.1) is 5.82 Å². The number of para-hydroxylation sites is 1. The molecule has 0 amide bonds. The van der Waals surface area contributed by atoms with E-state index in [0.717, 1.165) is 29.7 Å². The van der Waals surface area contributed by atoms with Crippen molar-refractivity contribution in [1.82, 2.24) is 0 Å². The van der Waals surface area contributed by atoms with Gasteiger partial charge < -0.3 is 5.32 Å². The van der Waals surface area contributed by atoms with Crippen LogP contribution in [0.2, 0.25) is 0 Å². The first kappa shape index (κ1) is 12.5. The Morgan fingerprint density at radius 1 is 1.16 bits per heavy atom. The fourth-order valence-electron chi connectivity index (χ4n) is 2.71. The highest BCUT2D eigenvalue weighted by Gasteiger charge is 2.24. The molecule has 1 unspecified atom stereocenters. The van der Waals surface area contributed by atoms with Gasteiger partial charge in [0.2, 0.25) is 0 Å². The molecule has 0 spiro atoms. The molecule has 0 fully saturated rings. The van der Waals surface area contributed by atoms with E-state index in [1.54, 1.807) is 23.9 Å². The van der Waals surface area contributed by atoms with Crippen molar-refractivity contribution >= 4 is 17.4 Å². The van der Waals surface area contributed by atoms with E-state index in [1.807, 2.05) is 18.2 Å². The lowest BCUT2D eigenvalue weighted by molar-refractivity contribution is 0.612. The number of rotatable bonds is 3. The van der Waals surface area contributed by atoms with Crippen molar-refractivity contribution in [2.45, 2.75) is 23.8 Å². The molecule has 0 radical (unpaired) electrons. The van der Waals surface area contributed by atoms with E-state index in [2.05, 4.69) is 23.7 Å². The minimum absolute atomic E-state index is 0.0695. The lowest BCUT2D eigenvalue weighted by atomic mass is 10.1. The number of thioether (sulfide) groups is 1. The van der Waals surface area contributed by atoms with Crippen molar-refractivity contribution < 1.29 is 4.39 Å². The number of hydrogen-bond donors (Lipinski definition) is 1. The smallest absolute Gasteiger partial charge is 0.126 e. The van der Waals surface area contributed by atoms with Crippen LogP contribution in [0.25, 0.3) is 0 Å². The van der Waals surface area contributed by atoms with Crippen LogP contribution in [-0.4, -0.2) is 6.26 Å². The maximum atomic E-state index is 13.7. The zero-order valence-electron chi connectivity index (χ0n) is 10.8. The Kier molecular flexibility index (Phi) is 3.47. The van der Waals surface area contributed by atoms with Gasteiger partial charge in [0.15, 0.2) is 0 Å². The molecule has 1 nitrogen and oxygen atoms in total. The molecule has 0 aliphatic heterocycles. The van der Waals surface area contributed by atoms with Crippen molar-refractivity contribution in [3.63, 3.8) is 0 Å². The SMILES string of the molecule is CSc1ccccc1NC1CCc2c(F)cccc21. The normalized spacial score (nSPS) is 17.3. The van der Waals surface area contributed by atoms with Gasteiger partial charge in [0.25, 0.3) is 0 Å². The molecular weight excluding hydrogens is 257 g/mol. The summed E-state index contributed by atoms with van der Waals surface area (Å²) < 4.78 is 13.7. The molecular formula is C16H16FNS. The number of halogens is 1. The van der Waals surface area contributed by atoms with Crippen molar-refractivity contribution in [2.24, 2.45) is 0 Å². The first-order chi connectivity index (χ1) is 9.29. The van der Waals surface area contributed by atoms with Crippen molar-refractivity contribution in [2.75, 3.05) is 11.6 Å². The van der Waals surface area contributed by atoms with Gasteiger partial charge in [0, 0.05) is 10.6 Å². The Balaban J connectivity index is 1.89. The van der Waals surface area contributed by atoms with Crippen LogP contribution in [0.1, 0.15) is 23.6 Å². The van der Waals surface area contributed by atoms with Crippen LogP contribution >= 0.6 is 11.8 Å². The molecule has 19 heavy (non-hydrogen) atoms. The third-order valence-corrected chi connectivity index (χ3v) is 4.45. The summed E-state index contributed by atoms with van der Waals surface area (Å²) in [6, 6.07) is 13.9. The molecule has 98 valence electrons. The molecule has 3 heteroatoms. The predicted octanol–water partition coefficient (Wildman–Crippen LogP) is 4.65. The largest absolute Gasteiger partial charge is 0.377 e. The second-order valence-corrected chi connectivity index (χ2v) is 5.59. The zero-order chi connectivity index (χ0) is 13.2. The van der Waals surface area contributed by atoms with Crippen molar-refractivity contribution in [3.05, 3.63) is 59.4 Å². The molecule has 0 aromatic heterocycles. The fourth-order valence-corrected chi connectivity index (χ4v) is 3.27.